The van der Waals surface area contributed by atoms with E-state index in [0.717, 1.165) is 5.56 Å². The maximum Gasteiger partial charge on any atom is 0.243 e. The number of piperidine rings is 1. The molecule has 1 unspecified atom stereocenters. The van der Waals surface area contributed by atoms with Crippen molar-refractivity contribution in [2.75, 3.05) is 39.5 Å². The Morgan fingerprint density at radius 1 is 1.14 bits per heavy atom. The molecule has 162 valence electrons. The number of hydrogen-bond donors (Lipinski definition) is 1. The number of carbonyl (C=O) groups excluding carboxylic acids is 1. The average molecular weight is 425 g/mol. The summed E-state index contributed by atoms with van der Waals surface area (Å²) in [5, 5.41) is 2.92. The molecule has 0 aliphatic carbocycles. The Hall–Kier alpha value is -1.48. The number of carbonyl (C=O) groups is 1. The fourth-order valence-electron chi connectivity index (χ4n) is 3.65. The van der Waals surface area contributed by atoms with Gasteiger partial charge in [0, 0.05) is 25.6 Å². The van der Waals surface area contributed by atoms with E-state index in [4.69, 9.17) is 9.47 Å². The second-order valence-corrected chi connectivity index (χ2v) is 10.7. The molecule has 8 heteroatoms. The Balaban J connectivity index is 1.53. The first kappa shape index (κ1) is 22.2. The number of amides is 1. The molecule has 0 bridgehead atoms. The summed E-state index contributed by atoms with van der Waals surface area (Å²) in [5.74, 6) is -0.208. The third kappa shape index (κ3) is 5.57. The summed E-state index contributed by atoms with van der Waals surface area (Å²) in [4.78, 5) is 12.7. The van der Waals surface area contributed by atoms with Gasteiger partial charge >= 0.3 is 0 Å². The SMILES string of the molecule is CC(C)(C)c1ccc(S(=O)(=O)N2CCC(C(=O)NCC3COCCO3)CC2)cc1. The lowest BCUT2D eigenvalue weighted by molar-refractivity contribution is -0.128. The second-order valence-electron chi connectivity index (χ2n) is 8.77. The average Bonchev–Trinajstić information content (AvgIpc) is 2.72. The van der Waals surface area contributed by atoms with Gasteiger partial charge in [0.05, 0.1) is 30.8 Å². The fraction of sp³-hybridized carbons (Fsp3) is 0.667. The number of nitrogens with zero attached hydrogens (tertiary/aromatic N) is 1. The fourth-order valence-corrected chi connectivity index (χ4v) is 5.12. The van der Waals surface area contributed by atoms with E-state index in [-0.39, 0.29) is 23.3 Å². The van der Waals surface area contributed by atoms with Crippen molar-refractivity contribution in [3.05, 3.63) is 29.8 Å². The van der Waals surface area contributed by atoms with E-state index in [1.807, 2.05) is 12.1 Å². The second kappa shape index (κ2) is 9.12. The van der Waals surface area contributed by atoms with Crippen LogP contribution in [0.2, 0.25) is 0 Å². The largest absolute Gasteiger partial charge is 0.376 e. The van der Waals surface area contributed by atoms with Gasteiger partial charge < -0.3 is 14.8 Å². The maximum absolute atomic E-state index is 13.0. The lowest BCUT2D eigenvalue weighted by Gasteiger charge is -2.31. The van der Waals surface area contributed by atoms with E-state index >= 15 is 0 Å². The minimum absolute atomic E-state index is 0.0250. The zero-order chi connectivity index (χ0) is 21.1. The summed E-state index contributed by atoms with van der Waals surface area (Å²) in [6, 6.07) is 7.12. The Labute approximate surface area is 173 Å². The summed E-state index contributed by atoms with van der Waals surface area (Å²) in [7, 11) is -3.54. The van der Waals surface area contributed by atoms with Crippen molar-refractivity contribution < 1.29 is 22.7 Å². The highest BCUT2D eigenvalue weighted by Gasteiger charge is 2.32. The number of benzene rings is 1. The first-order valence-electron chi connectivity index (χ1n) is 10.3. The summed E-state index contributed by atoms with van der Waals surface area (Å²) in [6.45, 7) is 9.06. The van der Waals surface area contributed by atoms with Crippen molar-refractivity contribution in [3.63, 3.8) is 0 Å². The molecule has 2 fully saturated rings. The van der Waals surface area contributed by atoms with Crippen LogP contribution in [0.4, 0.5) is 0 Å². The summed E-state index contributed by atoms with van der Waals surface area (Å²) in [6.07, 6.45) is 0.935. The van der Waals surface area contributed by atoms with Gasteiger partial charge in [0.1, 0.15) is 0 Å². The molecular formula is C21H32N2O5S. The normalized spacial score (nSPS) is 22.4. The van der Waals surface area contributed by atoms with E-state index in [1.54, 1.807) is 12.1 Å². The third-order valence-corrected chi connectivity index (χ3v) is 7.48. The Bertz CT molecular complexity index is 787. The predicted octanol–water partition coefficient (Wildman–Crippen LogP) is 1.92. The van der Waals surface area contributed by atoms with E-state index in [2.05, 4.69) is 26.1 Å². The highest BCUT2D eigenvalue weighted by molar-refractivity contribution is 7.89. The molecule has 1 aromatic rings. The lowest BCUT2D eigenvalue weighted by Crippen LogP contribution is -2.45. The molecule has 0 aromatic heterocycles. The smallest absolute Gasteiger partial charge is 0.243 e. The molecular weight excluding hydrogens is 392 g/mol. The van der Waals surface area contributed by atoms with Crippen molar-refractivity contribution in [3.8, 4) is 0 Å². The van der Waals surface area contributed by atoms with Crippen LogP contribution in [0.5, 0.6) is 0 Å². The molecule has 1 atom stereocenters. The van der Waals surface area contributed by atoms with Crippen LogP contribution >= 0.6 is 0 Å². The van der Waals surface area contributed by atoms with Gasteiger partial charge in [0.25, 0.3) is 0 Å². The molecule has 0 radical (unpaired) electrons. The number of nitrogens with one attached hydrogen (secondary N) is 1. The zero-order valence-electron chi connectivity index (χ0n) is 17.5. The van der Waals surface area contributed by atoms with Crippen molar-refractivity contribution in [2.45, 2.75) is 50.0 Å². The molecule has 2 aliphatic rings. The maximum atomic E-state index is 13.0. The highest BCUT2D eigenvalue weighted by atomic mass is 32.2. The van der Waals surface area contributed by atoms with Crippen molar-refractivity contribution in [1.82, 2.24) is 9.62 Å². The van der Waals surface area contributed by atoms with Gasteiger partial charge in [0.15, 0.2) is 0 Å². The van der Waals surface area contributed by atoms with Crippen LogP contribution in [-0.4, -0.2) is 64.2 Å². The number of sulfonamides is 1. The quantitative estimate of drug-likeness (QED) is 0.781. The summed E-state index contributed by atoms with van der Waals surface area (Å²) >= 11 is 0. The number of hydrogen-bond acceptors (Lipinski definition) is 5. The molecule has 2 heterocycles. The van der Waals surface area contributed by atoms with E-state index < -0.39 is 10.0 Å². The number of ether oxygens (including phenoxy) is 2. The molecule has 7 nitrogen and oxygen atoms in total. The van der Waals surface area contributed by atoms with Gasteiger partial charge in [-0.15, -0.1) is 0 Å². The summed E-state index contributed by atoms with van der Waals surface area (Å²) < 4.78 is 38.2. The van der Waals surface area contributed by atoms with Crippen LogP contribution < -0.4 is 5.32 Å². The van der Waals surface area contributed by atoms with E-state index in [1.165, 1.54) is 4.31 Å². The molecule has 2 saturated heterocycles. The molecule has 1 aromatic carbocycles. The van der Waals surface area contributed by atoms with E-state index in [9.17, 15) is 13.2 Å². The first-order valence-corrected chi connectivity index (χ1v) is 11.7. The number of rotatable bonds is 5. The molecule has 2 aliphatic heterocycles. The third-order valence-electron chi connectivity index (χ3n) is 5.57. The first-order chi connectivity index (χ1) is 13.7. The van der Waals surface area contributed by atoms with Crippen LogP contribution in [0, 0.1) is 5.92 Å². The Kier molecular flexibility index (Phi) is 6.98. The lowest BCUT2D eigenvalue weighted by atomic mass is 9.87. The predicted molar refractivity (Wildman–Crippen MR) is 110 cm³/mol. The Morgan fingerprint density at radius 3 is 2.34 bits per heavy atom. The van der Waals surface area contributed by atoms with Gasteiger partial charge in [0.2, 0.25) is 15.9 Å². The minimum atomic E-state index is -3.54. The standard InChI is InChI=1S/C21H32N2O5S/c1-21(2,3)17-4-6-19(7-5-17)29(25,26)23-10-8-16(9-11-23)20(24)22-14-18-15-27-12-13-28-18/h4-7,16,18H,8-15H2,1-3H3,(H,22,24). The van der Waals surface area contributed by atoms with Gasteiger partial charge in [-0.1, -0.05) is 32.9 Å². The van der Waals surface area contributed by atoms with Crippen LogP contribution in [0.15, 0.2) is 29.2 Å². The summed E-state index contributed by atoms with van der Waals surface area (Å²) in [5.41, 5.74) is 1.07. The molecule has 1 N–H and O–H groups in total. The molecule has 3 rings (SSSR count). The molecule has 0 spiro atoms. The van der Waals surface area contributed by atoms with Crippen LogP contribution in [-0.2, 0) is 29.7 Å². The molecule has 1 amide bonds. The van der Waals surface area contributed by atoms with E-state index in [0.29, 0.717) is 57.2 Å². The van der Waals surface area contributed by atoms with Gasteiger partial charge in [-0.2, -0.15) is 4.31 Å². The van der Waals surface area contributed by atoms with Crippen molar-refractivity contribution >= 4 is 15.9 Å². The highest BCUT2D eigenvalue weighted by Crippen LogP contribution is 2.27. The van der Waals surface area contributed by atoms with Crippen LogP contribution in [0.3, 0.4) is 0 Å². The topological polar surface area (TPSA) is 84.9 Å². The zero-order valence-corrected chi connectivity index (χ0v) is 18.3. The van der Waals surface area contributed by atoms with Gasteiger partial charge in [-0.05, 0) is 36.0 Å². The minimum Gasteiger partial charge on any atom is -0.376 e. The van der Waals surface area contributed by atoms with Gasteiger partial charge in [-0.25, -0.2) is 8.42 Å². The van der Waals surface area contributed by atoms with Crippen molar-refractivity contribution in [1.29, 1.82) is 0 Å². The monoisotopic (exact) mass is 424 g/mol. The van der Waals surface area contributed by atoms with Crippen LogP contribution in [0.1, 0.15) is 39.2 Å². The Morgan fingerprint density at radius 2 is 1.79 bits per heavy atom. The molecule has 0 saturated carbocycles. The van der Waals surface area contributed by atoms with Gasteiger partial charge in [-0.3, -0.25) is 4.79 Å². The van der Waals surface area contributed by atoms with Crippen molar-refractivity contribution in [2.24, 2.45) is 5.92 Å². The van der Waals surface area contributed by atoms with Crippen LogP contribution in [0.25, 0.3) is 0 Å². The molecule has 29 heavy (non-hydrogen) atoms.